The van der Waals surface area contributed by atoms with Crippen molar-refractivity contribution in [2.75, 3.05) is 0 Å². The molecule has 1 N–H and O–H groups in total. The fourth-order valence-corrected chi connectivity index (χ4v) is 12.5. The highest BCUT2D eigenvalue weighted by atomic mass is 28.4. The third kappa shape index (κ3) is 13.2. The Morgan fingerprint density at radius 2 is 1.02 bits per heavy atom. The number of rotatable bonds is 21. The summed E-state index contributed by atoms with van der Waals surface area (Å²) in [5.41, 5.74) is 4.01. The molecule has 5 heteroatoms. The van der Waals surface area contributed by atoms with Crippen LogP contribution in [0.15, 0.2) is 86.0 Å². The van der Waals surface area contributed by atoms with Crippen LogP contribution in [-0.4, -0.2) is 37.8 Å². The van der Waals surface area contributed by atoms with Crippen LogP contribution in [0.3, 0.4) is 0 Å². The molecule has 4 nitrogen and oxygen atoms in total. The molecule has 0 amide bonds. The van der Waals surface area contributed by atoms with Gasteiger partial charge in [0, 0.05) is 11.8 Å². The van der Waals surface area contributed by atoms with E-state index < -0.39 is 14.4 Å². The molecule has 2 aromatic rings. The van der Waals surface area contributed by atoms with Gasteiger partial charge >= 0.3 is 0 Å². The molecule has 0 spiro atoms. The lowest BCUT2D eigenvalue weighted by Crippen LogP contribution is -2.53. The molecule has 0 saturated heterocycles. The highest BCUT2D eigenvalue weighted by Crippen LogP contribution is 2.44. The minimum atomic E-state index is -2.00. The first kappa shape index (κ1) is 42.0. The molecule has 46 heavy (non-hydrogen) atoms. The predicted octanol–water partition coefficient (Wildman–Crippen LogP) is 11.3. The summed E-state index contributed by atoms with van der Waals surface area (Å²) in [6, 6.07) is 20.4. The van der Waals surface area contributed by atoms with Crippen molar-refractivity contribution in [3.8, 4) is 0 Å². The normalized spacial score (nSPS) is 15.9. The van der Waals surface area contributed by atoms with Gasteiger partial charge in [-0.2, -0.15) is 0 Å². The average Bonchev–Trinajstić information content (AvgIpc) is 3.05. The van der Waals surface area contributed by atoms with Gasteiger partial charge in [0.15, 0.2) is 0 Å². The zero-order valence-corrected chi connectivity index (χ0v) is 32.0. The van der Waals surface area contributed by atoms with Crippen molar-refractivity contribution < 1.29 is 19.0 Å². The topological polar surface area (TPSA) is 47.9 Å². The van der Waals surface area contributed by atoms with Crippen LogP contribution in [0.2, 0.25) is 16.6 Å². The Morgan fingerprint density at radius 3 is 1.39 bits per heavy atom. The molecule has 0 fully saturated rings. The predicted molar refractivity (Wildman–Crippen MR) is 201 cm³/mol. The van der Waals surface area contributed by atoms with Crippen molar-refractivity contribution in [3.05, 3.63) is 97.1 Å². The van der Waals surface area contributed by atoms with Gasteiger partial charge in [-0.3, -0.25) is 0 Å². The minimum Gasteiger partial charge on any atom is -0.410 e. The molecule has 0 aliphatic rings. The van der Waals surface area contributed by atoms with Crippen LogP contribution >= 0.6 is 0 Å². The van der Waals surface area contributed by atoms with Gasteiger partial charge in [-0.1, -0.05) is 141 Å². The van der Waals surface area contributed by atoms with E-state index in [1.807, 2.05) is 49.4 Å². The molecule has 0 bridgehead atoms. The van der Waals surface area contributed by atoms with E-state index >= 15 is 0 Å². The van der Waals surface area contributed by atoms with E-state index in [4.69, 9.17) is 13.9 Å². The smallest absolute Gasteiger partial charge is 0.200 e. The summed E-state index contributed by atoms with van der Waals surface area (Å²) in [5.74, 6) is 0.430. The monoisotopic (exact) mass is 652 g/mol. The lowest BCUT2D eigenvalue weighted by Gasteiger charge is -2.47. The second-order valence-electron chi connectivity index (χ2n) is 13.8. The number of benzene rings is 2. The molecule has 2 aromatic carbocycles. The van der Waals surface area contributed by atoms with Gasteiger partial charge in [0.25, 0.3) is 0 Å². The molecule has 0 aromatic heterocycles. The lowest BCUT2D eigenvalue weighted by molar-refractivity contribution is -0.0527. The fourth-order valence-electron chi connectivity index (χ4n) is 6.83. The molecule has 0 radical (unpaired) electrons. The van der Waals surface area contributed by atoms with Crippen LogP contribution < -0.4 is 0 Å². The van der Waals surface area contributed by atoms with Gasteiger partial charge in [0.2, 0.25) is 8.32 Å². The van der Waals surface area contributed by atoms with Crippen molar-refractivity contribution in [2.24, 2.45) is 11.8 Å². The van der Waals surface area contributed by atoms with E-state index in [0.717, 1.165) is 31.2 Å². The van der Waals surface area contributed by atoms with Crippen molar-refractivity contribution in [1.29, 1.82) is 0 Å². The Morgan fingerprint density at radius 1 is 0.630 bits per heavy atom. The van der Waals surface area contributed by atoms with Gasteiger partial charge in [-0.05, 0) is 54.4 Å². The summed E-state index contributed by atoms with van der Waals surface area (Å²) >= 11 is 0. The number of ether oxygens (including phenoxy) is 2. The van der Waals surface area contributed by atoms with E-state index in [0.29, 0.717) is 35.8 Å². The van der Waals surface area contributed by atoms with Gasteiger partial charge < -0.3 is 19.0 Å². The number of aliphatic hydroxyl groups is 1. The molecular formula is C41H68O4Si. The molecule has 2 rings (SSSR count). The maximum absolute atomic E-state index is 10.2. The van der Waals surface area contributed by atoms with Crippen LogP contribution in [0.25, 0.3) is 0 Å². The van der Waals surface area contributed by atoms with Crippen molar-refractivity contribution >= 4 is 8.32 Å². The van der Waals surface area contributed by atoms with Crippen LogP contribution in [-0.2, 0) is 27.1 Å². The van der Waals surface area contributed by atoms with E-state index in [1.54, 1.807) is 0 Å². The molecule has 0 unspecified atom stereocenters. The lowest BCUT2D eigenvalue weighted by atomic mass is 9.94. The molecule has 0 saturated carbocycles. The summed E-state index contributed by atoms with van der Waals surface area (Å²) in [5, 5.41) is 10.2. The molecule has 0 aliphatic heterocycles. The van der Waals surface area contributed by atoms with Crippen LogP contribution in [0.4, 0.5) is 0 Å². The zero-order chi connectivity index (χ0) is 34.7. The Labute approximate surface area is 284 Å². The van der Waals surface area contributed by atoms with E-state index in [-0.39, 0.29) is 24.2 Å². The molecule has 6 atom stereocenters. The number of aliphatic hydroxyl groups excluding tert-OH is 1. The van der Waals surface area contributed by atoms with Crippen molar-refractivity contribution in [1.82, 2.24) is 0 Å². The maximum atomic E-state index is 10.2. The van der Waals surface area contributed by atoms with Gasteiger partial charge in [-0.25, -0.2) is 0 Å². The first-order valence-corrected chi connectivity index (χ1v) is 19.9. The largest absolute Gasteiger partial charge is 0.410 e. The second kappa shape index (κ2) is 22.5. The standard InChI is InChI=1S/C25H44O2Si.C16H24O2/c1-10-15-24(11-2)25(22(9)26-18-23-16-13-12-14-17-23)27-28(19(3)4,20(5)6)21(7)8;1-4-9-15(5-2)16(17)13(3)18-12-14-10-7-6-8-11-14/h11-14,16-17,19-22,24-25H,2,10,15,18H2,1,3-9H3;5-8,10-11,13,15-17H,2,4,9,12H2,1,3H3/t22-,24+,25-;13-,15+,16-/m00/s1. The quantitative estimate of drug-likeness (QED) is 0.108. The minimum absolute atomic E-state index is 0.0258. The first-order chi connectivity index (χ1) is 21.9. The summed E-state index contributed by atoms with van der Waals surface area (Å²) in [7, 11) is -2.00. The highest BCUT2D eigenvalue weighted by Gasteiger charge is 2.48. The SMILES string of the molecule is C=C[C@H](CCC)[C@@H](O)[C@H](C)OCc1ccccc1.C=C[C@H](CCC)[C@@H](O[Si](C(C)C)(C(C)C)C(C)C)[C@H](C)OCc1ccccc1. The molecular weight excluding hydrogens is 585 g/mol. The fraction of sp³-hybridized carbons (Fsp3) is 0.610. The van der Waals surface area contributed by atoms with Crippen LogP contribution in [0, 0.1) is 11.8 Å². The third-order valence-corrected chi connectivity index (χ3v) is 15.5. The Balaban J connectivity index is 0.000000506. The summed E-state index contributed by atoms with van der Waals surface area (Å²) in [4.78, 5) is 0. The number of hydrogen-bond acceptors (Lipinski definition) is 4. The van der Waals surface area contributed by atoms with E-state index in [9.17, 15) is 5.11 Å². The van der Waals surface area contributed by atoms with Gasteiger partial charge in [-0.15, -0.1) is 13.2 Å². The van der Waals surface area contributed by atoms with Gasteiger partial charge in [0.1, 0.15) is 0 Å². The molecule has 0 heterocycles. The Kier molecular flexibility index (Phi) is 20.6. The zero-order valence-electron chi connectivity index (χ0n) is 31.0. The Hall–Kier alpha value is -2.02. The van der Waals surface area contributed by atoms with Crippen LogP contribution in [0.5, 0.6) is 0 Å². The molecule has 0 aliphatic carbocycles. The highest BCUT2D eigenvalue weighted by molar-refractivity contribution is 6.77. The molecule has 260 valence electrons. The third-order valence-electron chi connectivity index (χ3n) is 9.41. The van der Waals surface area contributed by atoms with E-state index in [1.165, 1.54) is 5.56 Å². The summed E-state index contributed by atoms with van der Waals surface area (Å²) in [6.07, 6.45) is 7.55. The summed E-state index contributed by atoms with van der Waals surface area (Å²) in [6.45, 7) is 31.6. The van der Waals surface area contributed by atoms with Crippen LogP contribution in [0.1, 0.15) is 106 Å². The summed E-state index contributed by atoms with van der Waals surface area (Å²) < 4.78 is 19.3. The average molecular weight is 653 g/mol. The van der Waals surface area contributed by atoms with Crippen molar-refractivity contribution in [2.45, 2.75) is 149 Å². The maximum Gasteiger partial charge on any atom is 0.200 e. The van der Waals surface area contributed by atoms with Gasteiger partial charge in [0.05, 0.1) is 37.6 Å². The first-order valence-electron chi connectivity index (χ1n) is 17.8. The second-order valence-corrected chi connectivity index (χ2v) is 19.2. The number of hydrogen-bond donors (Lipinski definition) is 1. The Bertz CT molecular complexity index is 1030. The van der Waals surface area contributed by atoms with E-state index in [2.05, 4.69) is 106 Å². The van der Waals surface area contributed by atoms with Crippen molar-refractivity contribution in [3.63, 3.8) is 0 Å².